The Morgan fingerprint density at radius 2 is 1.83 bits per heavy atom. The van der Waals surface area contributed by atoms with Crippen molar-refractivity contribution < 1.29 is 14.3 Å². The van der Waals surface area contributed by atoms with Gasteiger partial charge in [0.1, 0.15) is 6.61 Å². The number of carbonyl (C=O) groups is 2. The van der Waals surface area contributed by atoms with Crippen molar-refractivity contribution in [1.29, 1.82) is 0 Å². The van der Waals surface area contributed by atoms with Crippen molar-refractivity contribution in [2.45, 2.75) is 39.7 Å². The number of ether oxygens (including phenoxy) is 1. The van der Waals surface area contributed by atoms with Crippen LogP contribution < -0.4 is 0 Å². The molecule has 1 amide bonds. The van der Waals surface area contributed by atoms with Crippen LogP contribution in [0.15, 0.2) is 72.5 Å². The summed E-state index contributed by atoms with van der Waals surface area (Å²) in [5, 5.41) is 0. The zero-order valence-electron chi connectivity index (χ0n) is 17.3. The first-order valence-corrected chi connectivity index (χ1v) is 9.82. The van der Waals surface area contributed by atoms with Crippen molar-refractivity contribution in [1.82, 2.24) is 4.90 Å². The summed E-state index contributed by atoms with van der Waals surface area (Å²) in [5.41, 5.74) is 5.44. The molecule has 4 nitrogen and oxygen atoms in total. The molecule has 0 saturated heterocycles. The van der Waals surface area contributed by atoms with E-state index >= 15 is 0 Å². The van der Waals surface area contributed by atoms with Gasteiger partial charge < -0.3 is 9.64 Å². The zero-order chi connectivity index (χ0) is 21.0. The second-order valence-electron chi connectivity index (χ2n) is 7.47. The number of aryl methyl sites for hydroxylation is 2. The molecule has 0 N–H and O–H groups in total. The first kappa shape index (κ1) is 20.6. The summed E-state index contributed by atoms with van der Waals surface area (Å²) in [6, 6.07) is 16.0. The van der Waals surface area contributed by atoms with E-state index in [0.717, 1.165) is 16.7 Å². The normalized spacial score (nSPS) is 16.7. The Bertz CT molecular complexity index is 956. The lowest BCUT2D eigenvalue weighted by Gasteiger charge is -2.35. The van der Waals surface area contributed by atoms with E-state index in [1.54, 1.807) is 11.0 Å². The van der Waals surface area contributed by atoms with Crippen LogP contribution in [0.5, 0.6) is 0 Å². The topological polar surface area (TPSA) is 46.6 Å². The van der Waals surface area contributed by atoms with Gasteiger partial charge in [-0.25, -0.2) is 4.79 Å². The summed E-state index contributed by atoms with van der Waals surface area (Å²) in [7, 11) is 0. The van der Waals surface area contributed by atoms with Crippen LogP contribution in [-0.4, -0.2) is 23.4 Å². The van der Waals surface area contributed by atoms with Crippen LogP contribution in [0.1, 0.15) is 41.5 Å². The minimum Gasteiger partial charge on any atom is -0.458 e. The second-order valence-corrected chi connectivity index (χ2v) is 7.47. The van der Waals surface area contributed by atoms with Gasteiger partial charge >= 0.3 is 5.97 Å². The molecule has 0 fully saturated rings. The Labute approximate surface area is 172 Å². The number of amides is 1. The van der Waals surface area contributed by atoms with Crippen LogP contribution in [0.4, 0.5) is 0 Å². The number of hydrogen-bond acceptors (Lipinski definition) is 3. The maximum Gasteiger partial charge on any atom is 0.336 e. The van der Waals surface area contributed by atoms with Gasteiger partial charge in [-0.2, -0.15) is 0 Å². The Morgan fingerprint density at radius 1 is 1.14 bits per heavy atom. The van der Waals surface area contributed by atoms with Crippen molar-refractivity contribution in [2.75, 3.05) is 6.61 Å². The lowest BCUT2D eigenvalue weighted by Crippen LogP contribution is -2.38. The van der Waals surface area contributed by atoms with Gasteiger partial charge in [-0.3, -0.25) is 4.79 Å². The molecule has 3 rings (SSSR count). The summed E-state index contributed by atoms with van der Waals surface area (Å²) in [6.45, 7) is 10.1. The summed E-state index contributed by atoms with van der Waals surface area (Å²) in [5.74, 6) is -0.691. The predicted octanol–water partition coefficient (Wildman–Crippen LogP) is 4.82. The number of allylic oxidation sites excluding steroid dienone is 1. The number of esters is 1. The van der Waals surface area contributed by atoms with E-state index < -0.39 is 5.97 Å². The largest absolute Gasteiger partial charge is 0.458 e. The Kier molecular flexibility index (Phi) is 6.32. The van der Waals surface area contributed by atoms with E-state index in [1.807, 2.05) is 69.3 Å². The van der Waals surface area contributed by atoms with Gasteiger partial charge in [-0.15, -0.1) is 0 Å². The summed E-state index contributed by atoms with van der Waals surface area (Å²) < 4.78 is 5.39. The number of hydrogen-bond donors (Lipinski definition) is 0. The van der Waals surface area contributed by atoms with Gasteiger partial charge in [0, 0.05) is 18.0 Å². The third kappa shape index (κ3) is 4.48. The Hall–Kier alpha value is -3.14. The molecule has 1 aliphatic rings. The van der Waals surface area contributed by atoms with E-state index in [4.69, 9.17) is 4.74 Å². The molecule has 0 bridgehead atoms. The molecule has 0 saturated carbocycles. The fraction of sp³-hybridized carbons (Fsp3) is 0.280. The molecular formula is C25H27NO3. The molecule has 1 heterocycles. The molecule has 4 heteroatoms. The van der Waals surface area contributed by atoms with Crippen molar-refractivity contribution in [3.8, 4) is 0 Å². The molecule has 0 aromatic heterocycles. The fourth-order valence-electron chi connectivity index (χ4n) is 3.80. The monoisotopic (exact) mass is 389 g/mol. The zero-order valence-corrected chi connectivity index (χ0v) is 17.3. The molecule has 2 aromatic rings. The van der Waals surface area contributed by atoms with E-state index in [1.165, 1.54) is 5.56 Å². The highest BCUT2D eigenvalue weighted by Crippen LogP contribution is 2.38. The van der Waals surface area contributed by atoms with Gasteiger partial charge in [0.2, 0.25) is 5.91 Å². The number of benzene rings is 2. The van der Waals surface area contributed by atoms with Crippen molar-refractivity contribution >= 4 is 11.9 Å². The van der Waals surface area contributed by atoms with Gasteiger partial charge in [-0.1, -0.05) is 66.7 Å². The minimum absolute atomic E-state index is 0.0107. The predicted molar refractivity (Wildman–Crippen MR) is 114 cm³/mol. The van der Waals surface area contributed by atoms with Crippen molar-refractivity contribution in [3.63, 3.8) is 0 Å². The van der Waals surface area contributed by atoms with E-state index in [9.17, 15) is 9.59 Å². The molecule has 0 radical (unpaired) electrons. The minimum atomic E-state index is -0.392. The standard InChI is InChI=1S/C25H27NO3/c1-5-14-29-25(28)24-19(4)26(16-20-12-10-17(2)11-13-20)23(27)15-22(24)21-9-7-6-8-18(21)3/h5-13,22H,1,14-16H2,2-4H3. The SMILES string of the molecule is C=CCOC(=O)C1=C(C)N(Cc2ccc(C)cc2)C(=O)CC1c1ccccc1C. The first-order chi connectivity index (χ1) is 13.9. The van der Waals surface area contributed by atoms with Gasteiger partial charge in [0.05, 0.1) is 12.1 Å². The quantitative estimate of drug-likeness (QED) is 0.525. The van der Waals surface area contributed by atoms with Crippen LogP contribution in [0, 0.1) is 13.8 Å². The average molecular weight is 389 g/mol. The molecule has 1 aliphatic heterocycles. The lowest BCUT2D eigenvalue weighted by atomic mass is 9.81. The molecule has 0 spiro atoms. The second kappa shape index (κ2) is 8.91. The maximum absolute atomic E-state index is 13.1. The van der Waals surface area contributed by atoms with Gasteiger partial charge in [-0.05, 0) is 37.5 Å². The third-order valence-corrected chi connectivity index (χ3v) is 5.40. The van der Waals surface area contributed by atoms with Crippen LogP contribution in [0.2, 0.25) is 0 Å². The summed E-state index contributed by atoms with van der Waals surface area (Å²) >= 11 is 0. The molecule has 1 atom stereocenters. The molecular weight excluding hydrogens is 362 g/mol. The smallest absolute Gasteiger partial charge is 0.336 e. The Morgan fingerprint density at radius 3 is 2.48 bits per heavy atom. The highest BCUT2D eigenvalue weighted by molar-refractivity contribution is 5.96. The number of carbonyl (C=O) groups excluding carboxylic acids is 2. The molecule has 150 valence electrons. The highest BCUT2D eigenvalue weighted by atomic mass is 16.5. The van der Waals surface area contributed by atoms with Gasteiger partial charge in [0.25, 0.3) is 0 Å². The third-order valence-electron chi connectivity index (χ3n) is 5.40. The van der Waals surface area contributed by atoms with Crippen LogP contribution in [-0.2, 0) is 20.9 Å². The van der Waals surface area contributed by atoms with Crippen molar-refractivity contribution in [3.05, 3.63) is 94.7 Å². The highest BCUT2D eigenvalue weighted by Gasteiger charge is 2.37. The van der Waals surface area contributed by atoms with Gasteiger partial charge in [0.15, 0.2) is 0 Å². The van der Waals surface area contributed by atoms with Crippen molar-refractivity contribution in [2.24, 2.45) is 0 Å². The van der Waals surface area contributed by atoms with E-state index in [-0.39, 0.29) is 24.9 Å². The summed E-state index contributed by atoms with van der Waals surface area (Å²) in [6.07, 6.45) is 1.79. The van der Waals surface area contributed by atoms with Crippen LogP contribution in [0.25, 0.3) is 0 Å². The Balaban J connectivity index is 2.03. The maximum atomic E-state index is 13.1. The molecule has 2 aromatic carbocycles. The first-order valence-electron chi connectivity index (χ1n) is 9.82. The average Bonchev–Trinajstić information content (AvgIpc) is 2.70. The number of rotatable bonds is 6. The molecule has 0 aliphatic carbocycles. The fourth-order valence-corrected chi connectivity index (χ4v) is 3.80. The number of nitrogens with zero attached hydrogens (tertiary/aromatic N) is 1. The van der Waals surface area contributed by atoms with Crippen LogP contribution >= 0.6 is 0 Å². The van der Waals surface area contributed by atoms with Crippen LogP contribution in [0.3, 0.4) is 0 Å². The van der Waals surface area contributed by atoms with E-state index in [0.29, 0.717) is 17.8 Å². The summed E-state index contributed by atoms with van der Waals surface area (Å²) in [4.78, 5) is 27.7. The molecule has 29 heavy (non-hydrogen) atoms. The van der Waals surface area contributed by atoms with E-state index in [2.05, 4.69) is 6.58 Å². The lowest BCUT2D eigenvalue weighted by molar-refractivity contribution is -0.139. The molecule has 1 unspecified atom stereocenters.